The van der Waals surface area contributed by atoms with Crippen molar-refractivity contribution in [1.82, 2.24) is 10.3 Å². The molecule has 4 rings (SSSR count). The Morgan fingerprint density at radius 2 is 2.04 bits per heavy atom. The second-order valence-electron chi connectivity index (χ2n) is 5.65. The number of oxazole rings is 1. The predicted octanol–water partition coefficient (Wildman–Crippen LogP) is 1.57. The van der Waals surface area contributed by atoms with Gasteiger partial charge in [-0.25, -0.2) is 13.2 Å². The van der Waals surface area contributed by atoms with Gasteiger partial charge in [0.05, 0.1) is 16.1 Å². The van der Waals surface area contributed by atoms with E-state index in [1.54, 1.807) is 6.07 Å². The van der Waals surface area contributed by atoms with Gasteiger partial charge in [-0.05, 0) is 42.3 Å². The quantitative estimate of drug-likeness (QED) is 0.668. The summed E-state index contributed by atoms with van der Waals surface area (Å²) in [4.78, 5) is 13.7. The Balaban J connectivity index is 1.73. The SMILES string of the molecule is O=c1[nH]c2ccc(S(=O)(=O)Nc3cccc4c3CCNC4)cc2o1. The molecular weight excluding hydrogens is 330 g/mol. The standard InChI is InChI=1S/C16H15N3O4S/c20-16-18-14-5-4-11(8-15(14)23-16)24(21,22)19-13-3-1-2-10-9-17-7-6-12(10)13/h1-5,8,17,19H,6-7,9H2,(H,18,20). The highest BCUT2D eigenvalue weighted by Crippen LogP contribution is 2.26. The Kier molecular flexibility index (Phi) is 3.43. The first-order chi connectivity index (χ1) is 11.5. The minimum atomic E-state index is -3.78. The van der Waals surface area contributed by atoms with E-state index >= 15 is 0 Å². The molecule has 7 nitrogen and oxygen atoms in total. The maximum atomic E-state index is 12.7. The summed E-state index contributed by atoms with van der Waals surface area (Å²) in [6.07, 6.45) is 0.764. The van der Waals surface area contributed by atoms with Crippen molar-refractivity contribution in [3.8, 4) is 0 Å². The molecule has 0 aliphatic carbocycles. The molecule has 0 fully saturated rings. The molecule has 1 aromatic heterocycles. The molecule has 124 valence electrons. The fraction of sp³-hybridized carbons (Fsp3) is 0.188. The van der Waals surface area contributed by atoms with Crippen LogP contribution in [-0.2, 0) is 23.0 Å². The maximum Gasteiger partial charge on any atom is 0.417 e. The summed E-state index contributed by atoms with van der Waals surface area (Å²) in [5.41, 5.74) is 3.36. The van der Waals surface area contributed by atoms with Gasteiger partial charge in [0, 0.05) is 12.6 Å². The van der Waals surface area contributed by atoms with E-state index in [0.29, 0.717) is 11.2 Å². The van der Waals surface area contributed by atoms with E-state index in [9.17, 15) is 13.2 Å². The first kappa shape index (κ1) is 15.0. The molecule has 0 spiro atoms. The van der Waals surface area contributed by atoms with E-state index in [-0.39, 0.29) is 10.5 Å². The number of hydrogen-bond acceptors (Lipinski definition) is 5. The topological polar surface area (TPSA) is 104 Å². The van der Waals surface area contributed by atoms with Gasteiger partial charge in [-0.2, -0.15) is 0 Å². The zero-order chi connectivity index (χ0) is 16.7. The first-order valence-corrected chi connectivity index (χ1v) is 8.98. The van der Waals surface area contributed by atoms with E-state index in [0.717, 1.165) is 30.6 Å². The molecule has 3 N–H and O–H groups in total. The van der Waals surface area contributed by atoms with Crippen LogP contribution < -0.4 is 15.8 Å². The van der Waals surface area contributed by atoms with Crippen molar-refractivity contribution in [2.45, 2.75) is 17.9 Å². The molecule has 0 unspecified atom stereocenters. The number of anilines is 1. The second-order valence-corrected chi connectivity index (χ2v) is 7.33. The van der Waals surface area contributed by atoms with Crippen molar-refractivity contribution in [2.24, 2.45) is 0 Å². The number of sulfonamides is 1. The molecule has 0 bridgehead atoms. The van der Waals surface area contributed by atoms with E-state index in [1.807, 2.05) is 12.1 Å². The summed E-state index contributed by atoms with van der Waals surface area (Å²) in [6.45, 7) is 1.54. The number of hydrogen-bond donors (Lipinski definition) is 3. The second kappa shape index (κ2) is 5.50. The zero-order valence-electron chi connectivity index (χ0n) is 12.6. The van der Waals surface area contributed by atoms with Gasteiger partial charge in [-0.15, -0.1) is 0 Å². The van der Waals surface area contributed by atoms with Gasteiger partial charge in [0.1, 0.15) is 0 Å². The van der Waals surface area contributed by atoms with Crippen LogP contribution in [0.1, 0.15) is 11.1 Å². The van der Waals surface area contributed by atoms with Crippen LogP contribution >= 0.6 is 0 Å². The fourth-order valence-corrected chi connectivity index (χ4v) is 4.03. The molecule has 2 heterocycles. The van der Waals surface area contributed by atoms with Crippen LogP contribution in [0.5, 0.6) is 0 Å². The third kappa shape index (κ3) is 2.59. The maximum absolute atomic E-state index is 12.7. The number of aromatic amines is 1. The van der Waals surface area contributed by atoms with Crippen molar-refractivity contribution in [1.29, 1.82) is 0 Å². The van der Waals surface area contributed by atoms with Gasteiger partial charge in [0.2, 0.25) is 0 Å². The van der Waals surface area contributed by atoms with Crippen LogP contribution in [-0.4, -0.2) is 19.9 Å². The molecule has 3 aromatic rings. The van der Waals surface area contributed by atoms with Crippen molar-refractivity contribution < 1.29 is 12.8 Å². The van der Waals surface area contributed by atoms with Crippen molar-refractivity contribution in [3.63, 3.8) is 0 Å². The van der Waals surface area contributed by atoms with Crippen LogP contribution in [0.2, 0.25) is 0 Å². The third-order valence-electron chi connectivity index (χ3n) is 4.09. The molecule has 0 saturated heterocycles. The van der Waals surface area contributed by atoms with Crippen molar-refractivity contribution >= 4 is 26.8 Å². The van der Waals surface area contributed by atoms with Gasteiger partial charge in [-0.3, -0.25) is 9.71 Å². The highest BCUT2D eigenvalue weighted by Gasteiger charge is 2.20. The Morgan fingerprint density at radius 3 is 2.92 bits per heavy atom. The smallest absolute Gasteiger partial charge is 0.408 e. The summed E-state index contributed by atoms with van der Waals surface area (Å²) < 4.78 is 32.9. The highest BCUT2D eigenvalue weighted by atomic mass is 32.2. The van der Waals surface area contributed by atoms with E-state index in [4.69, 9.17) is 4.42 Å². The van der Waals surface area contributed by atoms with Crippen LogP contribution in [0.4, 0.5) is 5.69 Å². The Labute approximate surface area is 137 Å². The van der Waals surface area contributed by atoms with E-state index in [2.05, 4.69) is 15.0 Å². The molecule has 8 heteroatoms. The van der Waals surface area contributed by atoms with Crippen LogP contribution in [0.3, 0.4) is 0 Å². The van der Waals surface area contributed by atoms with Gasteiger partial charge < -0.3 is 9.73 Å². The van der Waals surface area contributed by atoms with E-state index in [1.165, 1.54) is 18.2 Å². The summed E-state index contributed by atoms with van der Waals surface area (Å²) in [6, 6.07) is 9.87. The molecule has 1 aliphatic rings. The molecule has 0 radical (unpaired) electrons. The van der Waals surface area contributed by atoms with Crippen LogP contribution in [0.15, 0.2) is 50.5 Å². The Morgan fingerprint density at radius 1 is 1.17 bits per heavy atom. The minimum Gasteiger partial charge on any atom is -0.408 e. The molecule has 1 aliphatic heterocycles. The number of rotatable bonds is 3. The summed E-state index contributed by atoms with van der Waals surface area (Å²) in [7, 11) is -3.78. The molecule has 0 amide bonds. The molecule has 24 heavy (non-hydrogen) atoms. The average Bonchev–Trinajstić information content (AvgIpc) is 2.94. The van der Waals surface area contributed by atoms with Crippen LogP contribution in [0, 0.1) is 0 Å². The third-order valence-corrected chi connectivity index (χ3v) is 5.45. The zero-order valence-corrected chi connectivity index (χ0v) is 13.4. The lowest BCUT2D eigenvalue weighted by Gasteiger charge is -2.21. The summed E-state index contributed by atoms with van der Waals surface area (Å²) >= 11 is 0. The van der Waals surface area contributed by atoms with Gasteiger partial charge in [0.15, 0.2) is 5.58 Å². The van der Waals surface area contributed by atoms with Gasteiger partial charge >= 0.3 is 5.76 Å². The Hall–Kier alpha value is -2.58. The van der Waals surface area contributed by atoms with Gasteiger partial charge in [0.25, 0.3) is 10.0 Å². The van der Waals surface area contributed by atoms with Gasteiger partial charge in [-0.1, -0.05) is 12.1 Å². The largest absolute Gasteiger partial charge is 0.417 e. The minimum absolute atomic E-state index is 0.0456. The molecule has 0 atom stereocenters. The van der Waals surface area contributed by atoms with Crippen molar-refractivity contribution in [3.05, 3.63) is 58.1 Å². The monoisotopic (exact) mass is 345 g/mol. The highest BCUT2D eigenvalue weighted by molar-refractivity contribution is 7.92. The summed E-state index contributed by atoms with van der Waals surface area (Å²) in [5.74, 6) is -0.614. The first-order valence-electron chi connectivity index (χ1n) is 7.50. The number of aromatic nitrogens is 1. The lowest BCUT2D eigenvalue weighted by Crippen LogP contribution is -2.25. The van der Waals surface area contributed by atoms with Crippen molar-refractivity contribution in [2.75, 3.05) is 11.3 Å². The number of H-pyrrole nitrogens is 1. The lowest BCUT2D eigenvalue weighted by molar-refractivity contribution is 0.554. The molecule has 0 saturated carbocycles. The van der Waals surface area contributed by atoms with Crippen LogP contribution in [0.25, 0.3) is 11.1 Å². The Bertz CT molecular complexity index is 1080. The fourth-order valence-electron chi connectivity index (χ4n) is 2.92. The molecule has 2 aromatic carbocycles. The lowest BCUT2D eigenvalue weighted by atomic mass is 9.99. The number of benzene rings is 2. The molecular formula is C16H15N3O4S. The normalized spacial score (nSPS) is 14.5. The number of fused-ring (bicyclic) bond motifs is 2. The number of nitrogens with one attached hydrogen (secondary N) is 3. The van der Waals surface area contributed by atoms with E-state index < -0.39 is 15.8 Å². The predicted molar refractivity (Wildman–Crippen MR) is 89.5 cm³/mol. The summed E-state index contributed by atoms with van der Waals surface area (Å²) in [5, 5.41) is 3.26. The average molecular weight is 345 g/mol.